The van der Waals surface area contributed by atoms with E-state index in [4.69, 9.17) is 28.5 Å². The Balaban J connectivity index is 1.33. The van der Waals surface area contributed by atoms with E-state index in [1.807, 2.05) is 0 Å². The van der Waals surface area contributed by atoms with E-state index in [2.05, 4.69) is 26.2 Å². The van der Waals surface area contributed by atoms with Gasteiger partial charge >= 0.3 is 23.9 Å². The highest BCUT2D eigenvalue weighted by Gasteiger charge is 2.67. The third-order valence-electron chi connectivity index (χ3n) is 8.88. The summed E-state index contributed by atoms with van der Waals surface area (Å²) in [6, 6.07) is 5.76. The van der Waals surface area contributed by atoms with E-state index in [1.54, 1.807) is 7.05 Å². The van der Waals surface area contributed by atoms with Gasteiger partial charge in [0.2, 0.25) is 16.5 Å². The number of aliphatic carboxylic acids is 2. The average Bonchev–Trinajstić information content (AvgIpc) is 3.61. The number of methoxy groups -OCH3 is 1. The molecule has 2 aliphatic rings. The number of ether oxygens (including phenoxy) is 4. The fourth-order valence-electron chi connectivity index (χ4n) is 6.26. The molecule has 22 nitrogen and oxygen atoms in total. The number of nitrogens with zero attached hydrogens (tertiary/aromatic N) is 5. The van der Waals surface area contributed by atoms with Gasteiger partial charge in [0, 0.05) is 45.6 Å². The van der Waals surface area contributed by atoms with Crippen molar-refractivity contribution in [1.82, 2.24) is 35.7 Å². The van der Waals surface area contributed by atoms with Crippen molar-refractivity contribution < 1.29 is 67.1 Å². The Bertz CT molecular complexity index is 2560. The highest BCUT2D eigenvalue weighted by Crippen LogP contribution is 2.47. The molecule has 6 rings (SSSR count). The average molecular weight is 868 g/mol. The minimum Gasteiger partial charge on any atom is -0.482 e. The number of aryl methyl sites for hydroxylation is 2. The molecular weight excluding hydrogens is 835 g/mol. The topological polar surface area (TPSA) is 298 Å². The molecule has 60 heavy (non-hydrogen) atoms. The van der Waals surface area contributed by atoms with E-state index in [0.717, 1.165) is 61.5 Å². The third kappa shape index (κ3) is 8.37. The molecule has 4 aromatic rings. The molecule has 0 aliphatic carbocycles. The monoisotopic (exact) mass is 867 g/mol. The van der Waals surface area contributed by atoms with Crippen molar-refractivity contribution in [2.24, 2.45) is 7.05 Å². The van der Waals surface area contributed by atoms with Crippen LogP contribution in [-0.4, -0.2) is 113 Å². The summed E-state index contributed by atoms with van der Waals surface area (Å²) in [5.74, 6) is -7.84. The van der Waals surface area contributed by atoms with Gasteiger partial charge in [0.1, 0.15) is 39.8 Å². The lowest BCUT2D eigenvalue weighted by molar-refractivity contribution is -0.192. The fourth-order valence-corrected chi connectivity index (χ4v) is 8.68. The number of carbonyl (C=O) groups excluding carboxylic acids is 5. The molecule has 0 saturated carbocycles. The molecule has 0 bridgehead atoms. The van der Waals surface area contributed by atoms with Crippen LogP contribution in [0.25, 0.3) is 11.0 Å². The summed E-state index contributed by atoms with van der Waals surface area (Å²) in [4.78, 5) is 104. The number of fused-ring (bicyclic) bond motifs is 2. The first-order valence-electron chi connectivity index (χ1n) is 17.3. The molecule has 1 unspecified atom stereocenters. The van der Waals surface area contributed by atoms with Crippen LogP contribution in [-0.2, 0) is 40.6 Å². The first-order chi connectivity index (χ1) is 28.4. The molecule has 2 aliphatic heterocycles. The molecule has 3 atom stereocenters. The van der Waals surface area contributed by atoms with Crippen LogP contribution in [0, 0.1) is 6.92 Å². The van der Waals surface area contributed by atoms with Crippen LogP contribution < -0.4 is 30.3 Å². The fraction of sp³-hybridized carbons (Fsp3) is 0.306. The van der Waals surface area contributed by atoms with E-state index >= 15 is 0 Å². The van der Waals surface area contributed by atoms with Crippen molar-refractivity contribution in [1.29, 1.82) is 0 Å². The van der Waals surface area contributed by atoms with Gasteiger partial charge in [-0.05, 0) is 46.7 Å². The van der Waals surface area contributed by atoms with Crippen molar-refractivity contribution in [3.05, 3.63) is 74.8 Å². The van der Waals surface area contributed by atoms with Crippen LogP contribution in [0.2, 0.25) is 0 Å². The van der Waals surface area contributed by atoms with Crippen LogP contribution in [0.3, 0.4) is 0 Å². The van der Waals surface area contributed by atoms with E-state index in [9.17, 15) is 43.5 Å². The van der Waals surface area contributed by atoms with E-state index in [0.29, 0.717) is 10.7 Å². The number of tetrazole rings is 1. The molecule has 4 heterocycles. The first kappa shape index (κ1) is 42.8. The lowest BCUT2D eigenvalue weighted by Crippen LogP contribution is -2.81. The standard InChI is InChI=1S/C36H33N7O15S2/c1-15-26(29(48)21-10-23(57-16(2)44)24(58-17(3)45)11-22(21)56-15)30(49)37-27(18-6-8-20(9-7-18)55-12-25(46)47)31(50)38-36(54-5)33(53)43-28(32(51)52)19(13-59-34(36)43)14-60-35-39-40-41-42(35)4/h6-11,27,34H,12-14H2,1-5H3,(H,37,49)(H,38,50)(H,46,47)(H,51,52)/t27?,34-,36-/m0/s1. The van der Waals surface area contributed by atoms with Crippen LogP contribution in [0.1, 0.15) is 41.6 Å². The zero-order chi connectivity index (χ0) is 43.6. The van der Waals surface area contributed by atoms with Crippen molar-refractivity contribution in [2.45, 2.75) is 43.1 Å². The number of esters is 2. The second kappa shape index (κ2) is 17.2. The van der Waals surface area contributed by atoms with Gasteiger partial charge in [-0.15, -0.1) is 16.9 Å². The highest BCUT2D eigenvalue weighted by molar-refractivity contribution is 8.01. The Morgan fingerprint density at radius 1 is 1.05 bits per heavy atom. The van der Waals surface area contributed by atoms with E-state index in [-0.39, 0.29) is 56.7 Å². The summed E-state index contributed by atoms with van der Waals surface area (Å²) >= 11 is 2.26. The lowest BCUT2D eigenvalue weighted by Gasteiger charge is -2.56. The van der Waals surface area contributed by atoms with Crippen molar-refractivity contribution in [3.8, 4) is 17.2 Å². The second-order valence-electron chi connectivity index (χ2n) is 12.9. The Morgan fingerprint density at radius 2 is 1.72 bits per heavy atom. The highest BCUT2D eigenvalue weighted by atomic mass is 32.2. The Hall–Kier alpha value is -6.79. The maximum absolute atomic E-state index is 14.4. The van der Waals surface area contributed by atoms with Gasteiger partial charge in [0.25, 0.3) is 17.5 Å². The van der Waals surface area contributed by atoms with Crippen LogP contribution in [0.4, 0.5) is 0 Å². The largest absolute Gasteiger partial charge is 0.482 e. The molecule has 314 valence electrons. The lowest BCUT2D eigenvalue weighted by atomic mass is 9.96. The number of nitrogens with one attached hydrogen (secondary N) is 2. The Labute approximate surface area is 345 Å². The molecule has 2 aromatic carbocycles. The van der Waals surface area contributed by atoms with E-state index in [1.165, 1.54) is 35.9 Å². The van der Waals surface area contributed by atoms with Crippen molar-refractivity contribution in [2.75, 3.05) is 25.2 Å². The zero-order valence-electron chi connectivity index (χ0n) is 32.0. The summed E-state index contributed by atoms with van der Waals surface area (Å²) in [6.45, 7) is 2.78. The van der Waals surface area contributed by atoms with Crippen LogP contribution in [0.5, 0.6) is 17.2 Å². The predicted octanol–water partition coefficient (Wildman–Crippen LogP) is 0.915. The number of amides is 3. The van der Waals surface area contributed by atoms with Gasteiger partial charge in [-0.3, -0.25) is 33.7 Å². The summed E-state index contributed by atoms with van der Waals surface area (Å²) in [5.41, 5.74) is -3.66. The maximum atomic E-state index is 14.4. The summed E-state index contributed by atoms with van der Waals surface area (Å²) in [5, 5.41) is 34.5. The second-order valence-corrected chi connectivity index (χ2v) is 14.9. The molecule has 0 spiro atoms. The molecule has 24 heteroatoms. The number of β-lactam (4-membered cyclic amide) rings is 1. The quantitative estimate of drug-likeness (QED) is 0.0424. The summed E-state index contributed by atoms with van der Waals surface area (Å²) in [6.07, 6.45) is 0. The number of rotatable bonds is 15. The summed E-state index contributed by atoms with van der Waals surface area (Å²) < 4.78 is 28.2. The summed E-state index contributed by atoms with van der Waals surface area (Å²) in [7, 11) is 2.74. The molecule has 1 saturated heterocycles. The minimum absolute atomic E-state index is 0.0596. The van der Waals surface area contributed by atoms with Crippen molar-refractivity contribution >= 4 is 76.1 Å². The van der Waals surface area contributed by atoms with Gasteiger partial charge in [0.15, 0.2) is 18.1 Å². The molecule has 0 radical (unpaired) electrons. The van der Waals surface area contributed by atoms with Gasteiger partial charge in [-0.2, -0.15) is 0 Å². The third-order valence-corrected chi connectivity index (χ3v) is 11.4. The molecular formula is C36H33N7O15S2. The first-order valence-corrected chi connectivity index (χ1v) is 19.4. The molecule has 3 amide bonds. The zero-order valence-corrected chi connectivity index (χ0v) is 33.6. The SMILES string of the molecule is CO[C@@]1(NC(=O)C(NC(=O)c2c(C)oc3cc(OC(C)=O)c(OC(C)=O)cc3c2=O)c2ccc(OCC(=O)O)cc2)C(=O)N2C(C(=O)O)=C(CSc3nnnn3C)CS[C@H]21. The van der Waals surface area contributed by atoms with Crippen LogP contribution >= 0.6 is 23.5 Å². The van der Waals surface area contributed by atoms with Crippen molar-refractivity contribution in [3.63, 3.8) is 0 Å². The predicted molar refractivity (Wildman–Crippen MR) is 205 cm³/mol. The number of aromatic nitrogens is 4. The van der Waals surface area contributed by atoms with Gasteiger partial charge in [-0.25, -0.2) is 14.3 Å². The molecule has 2 aromatic heterocycles. The minimum atomic E-state index is -2.13. The smallest absolute Gasteiger partial charge is 0.352 e. The van der Waals surface area contributed by atoms with Gasteiger partial charge < -0.3 is 44.2 Å². The number of carboxylic acids is 2. The number of thioether (sulfide) groups is 2. The van der Waals surface area contributed by atoms with Crippen LogP contribution in [0.15, 0.2) is 62.0 Å². The molecule has 4 N–H and O–H groups in total. The van der Waals surface area contributed by atoms with E-state index < -0.39 is 76.3 Å². The van der Waals surface area contributed by atoms with Gasteiger partial charge in [-0.1, -0.05) is 23.9 Å². The number of hydrogen-bond donors (Lipinski definition) is 4. The Morgan fingerprint density at radius 3 is 2.30 bits per heavy atom. The molecule has 1 fully saturated rings. The maximum Gasteiger partial charge on any atom is 0.352 e. The number of carbonyl (C=O) groups is 7. The Kier molecular flexibility index (Phi) is 12.3. The number of benzene rings is 2. The van der Waals surface area contributed by atoms with Gasteiger partial charge in [0.05, 0.1) is 5.39 Å². The number of hydrogen-bond acceptors (Lipinski definition) is 18. The normalized spacial score (nSPS) is 17.6. The number of carboxylic acid groups (broad SMARTS) is 2.